The van der Waals surface area contributed by atoms with Gasteiger partial charge in [-0.1, -0.05) is 0 Å². The summed E-state index contributed by atoms with van der Waals surface area (Å²) in [6, 6.07) is 0. The first-order valence-corrected chi connectivity index (χ1v) is 4.47. The van der Waals surface area contributed by atoms with Gasteiger partial charge < -0.3 is 20.7 Å². The first kappa shape index (κ1) is 10.9. The Bertz CT molecular complexity index is 226. The quantitative estimate of drug-likeness (QED) is 0.549. The minimum atomic E-state index is -0.524. The molecule has 0 aromatic rings. The number of amides is 2. The Hall–Kier alpha value is -1.14. The number of nitrogens with zero attached hydrogens (tertiary/aromatic N) is 1. The van der Waals surface area contributed by atoms with Crippen molar-refractivity contribution in [2.45, 2.75) is 6.10 Å². The smallest absolute Gasteiger partial charge is 0.253 e. The first-order valence-electron chi connectivity index (χ1n) is 4.47. The summed E-state index contributed by atoms with van der Waals surface area (Å²) < 4.78 is 5.24. The second kappa shape index (κ2) is 4.92. The number of likely N-dealkylation sites (N-methyl/N-ethyl adjacent to an activating group) is 1. The van der Waals surface area contributed by atoms with Gasteiger partial charge in [-0.2, -0.15) is 0 Å². The number of carbonyl (C=O) groups is 2. The zero-order chi connectivity index (χ0) is 10.6. The van der Waals surface area contributed by atoms with Gasteiger partial charge in [0.2, 0.25) is 5.91 Å². The third-order valence-corrected chi connectivity index (χ3v) is 1.97. The van der Waals surface area contributed by atoms with Crippen LogP contribution >= 0.6 is 0 Å². The van der Waals surface area contributed by atoms with Crippen LogP contribution in [-0.4, -0.2) is 56.1 Å². The molecule has 80 valence electrons. The number of ether oxygens (including phenoxy) is 1. The van der Waals surface area contributed by atoms with E-state index in [1.165, 1.54) is 11.9 Å². The Labute approximate surface area is 82.4 Å². The highest BCUT2D eigenvalue weighted by Gasteiger charge is 2.25. The van der Waals surface area contributed by atoms with E-state index in [1.807, 2.05) is 0 Å². The van der Waals surface area contributed by atoms with Crippen LogP contribution < -0.4 is 11.1 Å². The topological polar surface area (TPSA) is 84.7 Å². The zero-order valence-electron chi connectivity index (χ0n) is 8.16. The third kappa shape index (κ3) is 2.97. The van der Waals surface area contributed by atoms with E-state index in [9.17, 15) is 9.59 Å². The highest BCUT2D eigenvalue weighted by atomic mass is 16.5. The lowest BCUT2D eigenvalue weighted by atomic mass is 10.2. The van der Waals surface area contributed by atoms with Crippen molar-refractivity contribution in [1.29, 1.82) is 0 Å². The normalized spacial score (nSPS) is 21.6. The average molecular weight is 201 g/mol. The molecule has 0 bridgehead atoms. The third-order valence-electron chi connectivity index (χ3n) is 1.97. The molecule has 1 atom stereocenters. The van der Waals surface area contributed by atoms with Gasteiger partial charge in [0.1, 0.15) is 6.10 Å². The predicted molar refractivity (Wildman–Crippen MR) is 49.4 cm³/mol. The van der Waals surface area contributed by atoms with Gasteiger partial charge in [-0.25, -0.2) is 0 Å². The highest BCUT2D eigenvalue weighted by Crippen LogP contribution is 2.00. The largest absolute Gasteiger partial charge is 0.368 e. The number of hydrogen-bond donors (Lipinski definition) is 2. The maximum absolute atomic E-state index is 11.6. The number of rotatable bonds is 3. The van der Waals surface area contributed by atoms with E-state index in [0.717, 1.165) is 6.54 Å². The zero-order valence-corrected chi connectivity index (χ0v) is 8.16. The monoisotopic (exact) mass is 201 g/mol. The number of carbonyl (C=O) groups excluding carboxylic acids is 2. The minimum Gasteiger partial charge on any atom is -0.368 e. The summed E-state index contributed by atoms with van der Waals surface area (Å²) in [5, 5.41) is 3.04. The molecule has 1 saturated heterocycles. The van der Waals surface area contributed by atoms with Crippen LogP contribution in [0.1, 0.15) is 0 Å². The molecule has 1 aliphatic heterocycles. The van der Waals surface area contributed by atoms with Crippen molar-refractivity contribution in [2.75, 3.05) is 33.3 Å². The van der Waals surface area contributed by atoms with Crippen molar-refractivity contribution in [3.8, 4) is 0 Å². The number of nitrogens with one attached hydrogen (secondary N) is 1. The molecule has 0 aromatic carbocycles. The fraction of sp³-hybridized carbons (Fsp3) is 0.750. The van der Waals surface area contributed by atoms with Crippen molar-refractivity contribution in [1.82, 2.24) is 10.2 Å². The molecule has 0 saturated carbocycles. The first-order chi connectivity index (χ1) is 6.61. The van der Waals surface area contributed by atoms with Crippen LogP contribution in [0, 0.1) is 0 Å². The van der Waals surface area contributed by atoms with Crippen LogP contribution in [0.25, 0.3) is 0 Å². The van der Waals surface area contributed by atoms with Crippen LogP contribution in [0.2, 0.25) is 0 Å². The summed E-state index contributed by atoms with van der Waals surface area (Å²) in [7, 11) is 1.53. The van der Waals surface area contributed by atoms with Crippen molar-refractivity contribution in [3.63, 3.8) is 0 Å². The maximum Gasteiger partial charge on any atom is 0.253 e. The van der Waals surface area contributed by atoms with Gasteiger partial charge in [0.25, 0.3) is 5.91 Å². The van der Waals surface area contributed by atoms with Crippen molar-refractivity contribution in [2.24, 2.45) is 5.73 Å². The van der Waals surface area contributed by atoms with E-state index in [-0.39, 0.29) is 12.5 Å². The Morgan fingerprint density at radius 2 is 2.36 bits per heavy atom. The maximum atomic E-state index is 11.6. The molecule has 0 aromatic heterocycles. The molecule has 0 spiro atoms. The Morgan fingerprint density at radius 3 is 2.86 bits per heavy atom. The van der Waals surface area contributed by atoms with E-state index in [1.54, 1.807) is 0 Å². The van der Waals surface area contributed by atoms with Gasteiger partial charge in [0.05, 0.1) is 13.2 Å². The summed E-state index contributed by atoms with van der Waals surface area (Å²) in [6.07, 6.45) is -0.493. The van der Waals surface area contributed by atoms with Gasteiger partial charge in [0, 0.05) is 20.1 Å². The number of nitrogens with two attached hydrogens (primary N) is 1. The minimum absolute atomic E-state index is 0.0707. The van der Waals surface area contributed by atoms with Crippen LogP contribution in [0.3, 0.4) is 0 Å². The average Bonchev–Trinajstić information content (AvgIpc) is 2.17. The van der Waals surface area contributed by atoms with Crippen LogP contribution in [-0.2, 0) is 14.3 Å². The summed E-state index contributed by atoms with van der Waals surface area (Å²) in [5.74, 6) is -0.736. The molecule has 0 aliphatic carbocycles. The molecule has 0 radical (unpaired) electrons. The number of morpholine rings is 1. The van der Waals surface area contributed by atoms with Crippen molar-refractivity contribution in [3.05, 3.63) is 0 Å². The van der Waals surface area contributed by atoms with E-state index < -0.39 is 12.0 Å². The summed E-state index contributed by atoms with van der Waals surface area (Å²) >= 11 is 0. The molecule has 14 heavy (non-hydrogen) atoms. The molecule has 1 rings (SSSR count). The molecule has 3 N–H and O–H groups in total. The van der Waals surface area contributed by atoms with Gasteiger partial charge >= 0.3 is 0 Å². The van der Waals surface area contributed by atoms with E-state index >= 15 is 0 Å². The Kier molecular flexibility index (Phi) is 3.84. The van der Waals surface area contributed by atoms with E-state index in [2.05, 4.69) is 5.32 Å². The number of primary amides is 1. The van der Waals surface area contributed by atoms with Gasteiger partial charge in [0.15, 0.2) is 0 Å². The Balaban J connectivity index is 2.42. The highest BCUT2D eigenvalue weighted by molar-refractivity contribution is 5.86. The lowest BCUT2D eigenvalue weighted by Gasteiger charge is -2.26. The molecule has 1 heterocycles. The van der Waals surface area contributed by atoms with Crippen LogP contribution in [0.5, 0.6) is 0 Å². The predicted octanol–water partition coefficient (Wildman–Crippen LogP) is -2.08. The molecular formula is C8H15N3O3. The molecule has 1 aliphatic rings. The molecule has 1 unspecified atom stereocenters. The van der Waals surface area contributed by atoms with Gasteiger partial charge in [-0.15, -0.1) is 0 Å². The fourth-order valence-corrected chi connectivity index (χ4v) is 1.28. The molecule has 2 amide bonds. The second-order valence-electron chi connectivity index (χ2n) is 3.22. The number of hydrogen-bond acceptors (Lipinski definition) is 4. The molecular weight excluding hydrogens is 186 g/mol. The lowest BCUT2D eigenvalue weighted by molar-refractivity contribution is -0.145. The van der Waals surface area contributed by atoms with Crippen LogP contribution in [0.4, 0.5) is 0 Å². The summed E-state index contributed by atoms with van der Waals surface area (Å²) in [6.45, 7) is 1.69. The van der Waals surface area contributed by atoms with Crippen LogP contribution in [0.15, 0.2) is 0 Å². The second-order valence-corrected chi connectivity index (χ2v) is 3.22. The van der Waals surface area contributed by atoms with E-state index in [0.29, 0.717) is 13.2 Å². The van der Waals surface area contributed by atoms with Gasteiger partial charge in [-0.3, -0.25) is 9.59 Å². The van der Waals surface area contributed by atoms with E-state index in [4.69, 9.17) is 10.5 Å². The summed E-state index contributed by atoms with van der Waals surface area (Å²) in [4.78, 5) is 23.4. The molecule has 6 heteroatoms. The fourth-order valence-electron chi connectivity index (χ4n) is 1.28. The van der Waals surface area contributed by atoms with Gasteiger partial charge in [-0.05, 0) is 0 Å². The SMILES string of the molecule is CN(CC(N)=O)C(=O)C1CNCCO1. The lowest BCUT2D eigenvalue weighted by Crippen LogP contribution is -2.49. The molecule has 1 fully saturated rings. The van der Waals surface area contributed by atoms with Crippen molar-refractivity contribution >= 4 is 11.8 Å². The Morgan fingerprint density at radius 1 is 1.64 bits per heavy atom. The standard InChI is InChI=1S/C8H15N3O3/c1-11(5-7(9)12)8(13)6-4-10-2-3-14-6/h6,10H,2-5H2,1H3,(H2,9,12). The molecule has 6 nitrogen and oxygen atoms in total. The summed E-state index contributed by atoms with van der Waals surface area (Å²) in [5.41, 5.74) is 4.97. The van der Waals surface area contributed by atoms with Crippen molar-refractivity contribution < 1.29 is 14.3 Å².